The molecule has 3 rings (SSSR count). The van der Waals surface area contributed by atoms with E-state index in [0.717, 1.165) is 0 Å². The molecule has 0 amide bonds. The standard InChI is InChI=1S/C16H17ClN8O2S/c1-8(2)6-21-28(26,27)14-3-10-12(22-24-18)5-13(23-25-19)16(10)11-7-20-15(17)4-9(11)14/h3-4,7-8,12-13,21H,5-6H2,1-2H3/t12-,13-/m1/s1. The molecule has 28 heavy (non-hydrogen) atoms. The minimum atomic E-state index is -3.86. The Kier molecular flexibility index (Phi) is 5.64. The van der Waals surface area contributed by atoms with Crippen molar-refractivity contribution in [1.29, 1.82) is 0 Å². The van der Waals surface area contributed by atoms with E-state index in [1.807, 2.05) is 13.8 Å². The van der Waals surface area contributed by atoms with Crippen LogP contribution in [0, 0.1) is 5.92 Å². The van der Waals surface area contributed by atoms with E-state index >= 15 is 0 Å². The maximum Gasteiger partial charge on any atom is 0.241 e. The summed E-state index contributed by atoms with van der Waals surface area (Å²) in [5, 5.41) is 8.55. The van der Waals surface area contributed by atoms with E-state index in [1.54, 1.807) is 0 Å². The van der Waals surface area contributed by atoms with Crippen molar-refractivity contribution >= 4 is 32.4 Å². The zero-order valence-electron chi connectivity index (χ0n) is 15.1. The Labute approximate surface area is 166 Å². The van der Waals surface area contributed by atoms with Crippen LogP contribution in [0.1, 0.15) is 43.5 Å². The predicted octanol–water partition coefficient (Wildman–Crippen LogP) is 4.93. The number of benzene rings is 1. The molecule has 1 heterocycles. The summed E-state index contributed by atoms with van der Waals surface area (Å²) in [7, 11) is -3.86. The summed E-state index contributed by atoms with van der Waals surface area (Å²) in [4.78, 5) is 9.79. The first-order valence-electron chi connectivity index (χ1n) is 8.48. The summed E-state index contributed by atoms with van der Waals surface area (Å²) >= 11 is 6.02. The van der Waals surface area contributed by atoms with Gasteiger partial charge in [0.1, 0.15) is 5.15 Å². The molecule has 0 unspecified atom stereocenters. The van der Waals surface area contributed by atoms with Gasteiger partial charge in [0.25, 0.3) is 0 Å². The SMILES string of the molecule is CC(C)CNS(=O)(=O)c1cc2c(c3cnc(Cl)cc13)[C@H](N=[N+]=[N-])C[C@H]2N=[N+]=[N-]. The summed E-state index contributed by atoms with van der Waals surface area (Å²) < 4.78 is 28.5. The third-order valence-electron chi connectivity index (χ3n) is 4.52. The molecule has 2 aromatic rings. The van der Waals surface area contributed by atoms with E-state index in [-0.39, 0.29) is 28.9 Å². The van der Waals surface area contributed by atoms with Gasteiger partial charge in [-0.25, -0.2) is 18.1 Å². The van der Waals surface area contributed by atoms with E-state index in [0.29, 0.717) is 21.9 Å². The number of aromatic nitrogens is 1. The van der Waals surface area contributed by atoms with E-state index in [4.69, 9.17) is 22.7 Å². The summed E-state index contributed by atoms with van der Waals surface area (Å²) in [6, 6.07) is 1.70. The van der Waals surface area contributed by atoms with Gasteiger partial charge >= 0.3 is 0 Å². The maximum absolute atomic E-state index is 13.0. The molecule has 1 N–H and O–H groups in total. The van der Waals surface area contributed by atoms with Crippen molar-refractivity contribution < 1.29 is 8.42 Å². The molecule has 1 aromatic carbocycles. The summed E-state index contributed by atoms with van der Waals surface area (Å²) in [5.74, 6) is 0.117. The normalized spacial score (nSPS) is 18.6. The fraction of sp³-hybridized carbons (Fsp3) is 0.438. The number of nitrogens with one attached hydrogen (secondary N) is 1. The second-order valence-corrected chi connectivity index (χ2v) is 8.98. The van der Waals surface area contributed by atoms with Gasteiger partial charge in [0.05, 0.1) is 17.0 Å². The molecule has 0 spiro atoms. The monoisotopic (exact) mass is 420 g/mol. The average molecular weight is 421 g/mol. The van der Waals surface area contributed by atoms with Crippen LogP contribution in [0.2, 0.25) is 5.15 Å². The molecule has 0 bridgehead atoms. The lowest BCUT2D eigenvalue weighted by molar-refractivity contribution is 0.560. The van der Waals surface area contributed by atoms with Gasteiger partial charge in [-0.3, -0.25) is 0 Å². The summed E-state index contributed by atoms with van der Waals surface area (Å²) in [5.41, 5.74) is 18.9. The highest BCUT2D eigenvalue weighted by atomic mass is 35.5. The number of pyridine rings is 1. The molecule has 0 saturated carbocycles. The lowest BCUT2D eigenvalue weighted by Crippen LogP contribution is -2.28. The van der Waals surface area contributed by atoms with Crippen LogP contribution >= 0.6 is 11.6 Å². The van der Waals surface area contributed by atoms with Gasteiger partial charge in [0, 0.05) is 33.3 Å². The number of sulfonamides is 1. The van der Waals surface area contributed by atoms with Crippen LogP contribution in [-0.2, 0) is 10.0 Å². The van der Waals surface area contributed by atoms with Crippen molar-refractivity contribution in [2.45, 2.75) is 37.2 Å². The number of rotatable bonds is 6. The number of hydrogen-bond donors (Lipinski definition) is 1. The molecule has 10 nitrogen and oxygen atoms in total. The maximum atomic E-state index is 13.0. The first kappa shape index (κ1) is 20.2. The average Bonchev–Trinajstić information content (AvgIpc) is 2.97. The van der Waals surface area contributed by atoms with Crippen LogP contribution in [0.3, 0.4) is 0 Å². The highest BCUT2D eigenvalue weighted by molar-refractivity contribution is 7.89. The molecule has 1 aromatic heterocycles. The van der Waals surface area contributed by atoms with Gasteiger partial charge in [-0.1, -0.05) is 35.7 Å². The third kappa shape index (κ3) is 3.71. The molecule has 0 saturated heterocycles. The van der Waals surface area contributed by atoms with Gasteiger partial charge in [-0.15, -0.1) is 0 Å². The molecular weight excluding hydrogens is 404 g/mol. The fourth-order valence-corrected chi connectivity index (χ4v) is 4.93. The van der Waals surface area contributed by atoms with Crippen molar-refractivity contribution in [3.05, 3.63) is 55.5 Å². The van der Waals surface area contributed by atoms with Gasteiger partial charge in [-0.2, -0.15) is 0 Å². The van der Waals surface area contributed by atoms with Crippen LogP contribution in [-0.4, -0.2) is 19.9 Å². The molecular formula is C16H17ClN8O2S. The number of halogens is 1. The summed E-state index contributed by atoms with van der Waals surface area (Å²) in [6.45, 7) is 4.05. The second-order valence-electron chi connectivity index (χ2n) is 6.85. The molecule has 1 aliphatic rings. The van der Waals surface area contributed by atoms with Gasteiger partial charge < -0.3 is 0 Å². The number of fused-ring (bicyclic) bond motifs is 3. The first-order valence-corrected chi connectivity index (χ1v) is 10.3. The number of nitrogens with zero attached hydrogens (tertiary/aromatic N) is 7. The zero-order chi connectivity index (χ0) is 20.5. The first-order chi connectivity index (χ1) is 13.3. The van der Waals surface area contributed by atoms with Crippen LogP contribution in [0.4, 0.5) is 0 Å². The fourth-order valence-electron chi connectivity index (χ4n) is 3.32. The number of hydrogen-bond acceptors (Lipinski definition) is 5. The van der Waals surface area contributed by atoms with Gasteiger partial charge in [0.15, 0.2) is 0 Å². The Balaban J connectivity index is 2.34. The third-order valence-corrected chi connectivity index (χ3v) is 6.19. The van der Waals surface area contributed by atoms with Crippen LogP contribution in [0.15, 0.2) is 33.5 Å². The van der Waals surface area contributed by atoms with Crippen LogP contribution < -0.4 is 4.72 Å². The highest BCUT2D eigenvalue weighted by Gasteiger charge is 2.34. The number of azide groups is 2. The molecule has 1 aliphatic carbocycles. The molecule has 12 heteroatoms. The van der Waals surface area contributed by atoms with E-state index < -0.39 is 22.1 Å². The minimum absolute atomic E-state index is 0.0194. The lowest BCUT2D eigenvalue weighted by Gasteiger charge is -2.16. The minimum Gasteiger partial charge on any atom is -0.244 e. The second kappa shape index (κ2) is 7.83. The molecule has 0 fully saturated rings. The lowest BCUT2D eigenvalue weighted by atomic mass is 10.0. The van der Waals surface area contributed by atoms with E-state index in [1.165, 1.54) is 18.3 Å². The Morgan fingerprint density at radius 2 is 1.93 bits per heavy atom. The predicted molar refractivity (Wildman–Crippen MR) is 105 cm³/mol. The quantitative estimate of drug-likeness (QED) is 0.304. The molecule has 146 valence electrons. The van der Waals surface area contributed by atoms with Crippen molar-refractivity contribution in [3.63, 3.8) is 0 Å². The van der Waals surface area contributed by atoms with E-state index in [9.17, 15) is 8.42 Å². The Hall–Kier alpha value is -2.55. The largest absolute Gasteiger partial charge is 0.244 e. The topological polar surface area (TPSA) is 157 Å². The van der Waals surface area contributed by atoms with E-state index in [2.05, 4.69) is 29.8 Å². The Morgan fingerprint density at radius 3 is 2.57 bits per heavy atom. The van der Waals surface area contributed by atoms with Crippen LogP contribution in [0.5, 0.6) is 0 Å². The van der Waals surface area contributed by atoms with Gasteiger partial charge in [0.2, 0.25) is 10.0 Å². The van der Waals surface area contributed by atoms with Crippen molar-refractivity contribution in [2.75, 3.05) is 6.54 Å². The van der Waals surface area contributed by atoms with Crippen molar-refractivity contribution in [3.8, 4) is 0 Å². The molecule has 2 atom stereocenters. The highest BCUT2D eigenvalue weighted by Crippen LogP contribution is 2.48. The van der Waals surface area contributed by atoms with Gasteiger partial charge in [-0.05, 0) is 46.7 Å². The summed E-state index contributed by atoms with van der Waals surface area (Å²) in [6.07, 6.45) is 1.71. The smallest absolute Gasteiger partial charge is 0.241 e. The Morgan fingerprint density at radius 1 is 1.25 bits per heavy atom. The van der Waals surface area contributed by atoms with Crippen molar-refractivity contribution in [1.82, 2.24) is 9.71 Å². The molecule has 0 radical (unpaired) electrons. The van der Waals surface area contributed by atoms with Crippen LogP contribution in [0.25, 0.3) is 31.7 Å². The Bertz CT molecular complexity index is 1140. The van der Waals surface area contributed by atoms with Crippen molar-refractivity contribution in [2.24, 2.45) is 16.1 Å². The molecule has 0 aliphatic heterocycles. The zero-order valence-corrected chi connectivity index (χ0v) is 16.7.